The van der Waals surface area contributed by atoms with E-state index in [-0.39, 0.29) is 48.7 Å². The lowest BCUT2D eigenvalue weighted by Crippen LogP contribution is -2.29. The zero-order chi connectivity index (χ0) is 16.2. The summed E-state index contributed by atoms with van der Waals surface area (Å²) < 4.78 is 31.7. The maximum absolute atomic E-state index is 13.3. The summed E-state index contributed by atoms with van der Waals surface area (Å²) in [5.41, 5.74) is 6.46. The molecule has 1 saturated carbocycles. The number of nitrogens with one attached hydrogen (secondary N) is 1. The van der Waals surface area contributed by atoms with Crippen LogP contribution in [0, 0.1) is 5.92 Å². The third-order valence-corrected chi connectivity index (χ3v) is 3.98. The van der Waals surface area contributed by atoms with Gasteiger partial charge in [0.2, 0.25) is 5.92 Å². The summed E-state index contributed by atoms with van der Waals surface area (Å²) in [6.07, 6.45) is 1.17. The fraction of sp³-hybridized carbons (Fsp3) is 0.533. The predicted octanol–water partition coefficient (Wildman–Crippen LogP) is 4.52. The molecule has 3 N–H and O–H groups in total. The van der Waals surface area contributed by atoms with E-state index in [9.17, 15) is 8.78 Å². The van der Waals surface area contributed by atoms with Crippen LogP contribution in [0.3, 0.4) is 0 Å². The minimum Gasteiger partial charge on any atom is -0.495 e. The number of nitrogens with zero attached hydrogens (tertiary/aromatic N) is 1. The summed E-state index contributed by atoms with van der Waals surface area (Å²) >= 11 is 6.01. The number of anilines is 1. The molecule has 0 spiro atoms. The Hall–Kier alpha value is -0.830. The van der Waals surface area contributed by atoms with Gasteiger partial charge in [0.05, 0.1) is 12.1 Å². The minimum atomic E-state index is -2.57. The summed E-state index contributed by atoms with van der Waals surface area (Å²) in [5.74, 6) is -1.93. The van der Waals surface area contributed by atoms with Crippen molar-refractivity contribution < 1.29 is 13.5 Å². The van der Waals surface area contributed by atoms with Gasteiger partial charge in [-0.25, -0.2) is 8.78 Å². The van der Waals surface area contributed by atoms with Crippen molar-refractivity contribution >= 4 is 47.2 Å². The molecule has 0 bridgehead atoms. The van der Waals surface area contributed by atoms with Crippen LogP contribution in [0.2, 0.25) is 5.02 Å². The van der Waals surface area contributed by atoms with Crippen LogP contribution < -0.4 is 15.8 Å². The molecule has 23 heavy (non-hydrogen) atoms. The molecular weight excluding hydrogens is 439 g/mol. The molecule has 1 aliphatic carbocycles. The number of methoxy groups -OCH3 is 1. The second-order valence-corrected chi connectivity index (χ2v) is 5.93. The lowest BCUT2D eigenvalue weighted by atomic mass is 9.87. The largest absolute Gasteiger partial charge is 0.495 e. The summed E-state index contributed by atoms with van der Waals surface area (Å²) in [4.78, 5) is 4.16. The van der Waals surface area contributed by atoms with E-state index in [0.717, 1.165) is 6.42 Å². The summed E-state index contributed by atoms with van der Waals surface area (Å²) in [6, 6.07) is 5.12. The van der Waals surface area contributed by atoms with Crippen LogP contribution in [0.5, 0.6) is 5.75 Å². The Labute approximate surface area is 156 Å². The van der Waals surface area contributed by atoms with Crippen molar-refractivity contribution in [2.24, 2.45) is 16.6 Å². The Morgan fingerprint density at radius 3 is 2.87 bits per heavy atom. The summed E-state index contributed by atoms with van der Waals surface area (Å²) in [7, 11) is 1.53. The number of ether oxygens (including phenoxy) is 1. The number of hydrogen-bond donors (Lipinski definition) is 2. The van der Waals surface area contributed by atoms with Crippen LogP contribution in [-0.4, -0.2) is 25.5 Å². The van der Waals surface area contributed by atoms with E-state index in [2.05, 4.69) is 10.3 Å². The Kier molecular flexibility index (Phi) is 7.79. The van der Waals surface area contributed by atoms with E-state index >= 15 is 0 Å². The molecule has 4 nitrogen and oxygen atoms in total. The molecule has 0 aliphatic heterocycles. The first-order valence-corrected chi connectivity index (χ1v) is 7.56. The highest BCUT2D eigenvalue weighted by atomic mass is 127. The summed E-state index contributed by atoms with van der Waals surface area (Å²) in [5, 5.41) is 3.35. The number of alkyl halides is 2. The standard InChI is InChI=1S/C15H20ClF2N3O.HI/c1-22-13-5-4-11(7-12(13)16)21-14(19)20-9-10-3-2-6-15(17,18)8-10;/h4-5,7,10H,2-3,6,8-9H2,1H3,(H3,19,20,21);1H. The van der Waals surface area contributed by atoms with Crippen LogP contribution in [0.25, 0.3) is 0 Å². The van der Waals surface area contributed by atoms with Gasteiger partial charge in [-0.05, 0) is 37.0 Å². The van der Waals surface area contributed by atoms with Gasteiger partial charge < -0.3 is 15.8 Å². The van der Waals surface area contributed by atoms with Gasteiger partial charge in [-0.2, -0.15) is 0 Å². The third kappa shape index (κ3) is 6.29. The Bertz CT molecular complexity index is 558. The predicted molar refractivity (Wildman–Crippen MR) is 100 cm³/mol. The molecule has 0 radical (unpaired) electrons. The van der Waals surface area contributed by atoms with Gasteiger partial charge in [0, 0.05) is 25.1 Å². The van der Waals surface area contributed by atoms with Crippen molar-refractivity contribution in [2.75, 3.05) is 19.0 Å². The van der Waals surface area contributed by atoms with Gasteiger partial charge in [-0.1, -0.05) is 11.6 Å². The number of guanidine groups is 1. The van der Waals surface area contributed by atoms with Crippen LogP contribution >= 0.6 is 35.6 Å². The molecule has 1 atom stereocenters. The van der Waals surface area contributed by atoms with Gasteiger partial charge >= 0.3 is 0 Å². The molecule has 1 fully saturated rings. The van der Waals surface area contributed by atoms with E-state index in [1.807, 2.05) is 0 Å². The first kappa shape index (κ1) is 20.2. The smallest absolute Gasteiger partial charge is 0.248 e. The lowest BCUT2D eigenvalue weighted by Gasteiger charge is -2.27. The molecule has 1 aliphatic rings. The van der Waals surface area contributed by atoms with E-state index < -0.39 is 5.92 Å². The Morgan fingerprint density at radius 1 is 1.52 bits per heavy atom. The molecule has 130 valence electrons. The van der Waals surface area contributed by atoms with Crippen LogP contribution in [0.1, 0.15) is 25.7 Å². The number of aliphatic imine (C=N–C) groups is 1. The molecule has 1 aromatic carbocycles. The zero-order valence-corrected chi connectivity index (χ0v) is 15.9. The second kappa shape index (κ2) is 8.86. The van der Waals surface area contributed by atoms with E-state index in [1.165, 1.54) is 7.11 Å². The molecule has 2 rings (SSSR count). The fourth-order valence-electron chi connectivity index (χ4n) is 2.59. The van der Waals surface area contributed by atoms with Gasteiger partial charge in [-0.15, -0.1) is 24.0 Å². The second-order valence-electron chi connectivity index (χ2n) is 5.52. The quantitative estimate of drug-likeness (QED) is 0.395. The van der Waals surface area contributed by atoms with Gasteiger partial charge in [-0.3, -0.25) is 4.99 Å². The molecule has 0 amide bonds. The van der Waals surface area contributed by atoms with Gasteiger partial charge in [0.1, 0.15) is 5.75 Å². The van der Waals surface area contributed by atoms with Gasteiger partial charge in [0.15, 0.2) is 5.96 Å². The Morgan fingerprint density at radius 2 is 2.26 bits per heavy atom. The monoisotopic (exact) mass is 459 g/mol. The van der Waals surface area contributed by atoms with Crippen molar-refractivity contribution in [3.8, 4) is 5.75 Å². The highest BCUT2D eigenvalue weighted by molar-refractivity contribution is 14.0. The average Bonchev–Trinajstić information content (AvgIpc) is 2.44. The van der Waals surface area contributed by atoms with Gasteiger partial charge in [0.25, 0.3) is 0 Å². The highest BCUT2D eigenvalue weighted by Gasteiger charge is 2.35. The topological polar surface area (TPSA) is 59.6 Å². The number of benzene rings is 1. The first-order valence-electron chi connectivity index (χ1n) is 7.18. The molecule has 8 heteroatoms. The van der Waals surface area contributed by atoms with Crippen molar-refractivity contribution in [1.29, 1.82) is 0 Å². The van der Waals surface area contributed by atoms with Crippen molar-refractivity contribution in [2.45, 2.75) is 31.6 Å². The molecule has 0 aromatic heterocycles. The fourth-order valence-corrected chi connectivity index (χ4v) is 2.85. The molecule has 0 heterocycles. The molecule has 1 unspecified atom stereocenters. The normalized spacial score (nSPS) is 20.5. The zero-order valence-electron chi connectivity index (χ0n) is 12.8. The first-order chi connectivity index (χ1) is 10.4. The van der Waals surface area contributed by atoms with Crippen LogP contribution in [-0.2, 0) is 0 Å². The Balaban J connectivity index is 0.00000264. The number of nitrogens with two attached hydrogens (primary N) is 1. The molecule has 0 saturated heterocycles. The molecule has 1 aromatic rings. The minimum absolute atomic E-state index is 0. The van der Waals surface area contributed by atoms with Crippen molar-refractivity contribution in [3.63, 3.8) is 0 Å². The summed E-state index contributed by atoms with van der Waals surface area (Å²) in [6.45, 7) is 0.304. The van der Waals surface area contributed by atoms with E-state index in [1.54, 1.807) is 18.2 Å². The third-order valence-electron chi connectivity index (χ3n) is 3.69. The lowest BCUT2D eigenvalue weighted by molar-refractivity contribution is -0.0507. The number of hydrogen-bond acceptors (Lipinski definition) is 2. The number of rotatable bonds is 4. The maximum atomic E-state index is 13.3. The van der Waals surface area contributed by atoms with E-state index in [0.29, 0.717) is 29.4 Å². The average molecular weight is 460 g/mol. The van der Waals surface area contributed by atoms with Crippen molar-refractivity contribution in [1.82, 2.24) is 0 Å². The van der Waals surface area contributed by atoms with Crippen molar-refractivity contribution in [3.05, 3.63) is 23.2 Å². The van der Waals surface area contributed by atoms with E-state index in [4.69, 9.17) is 22.1 Å². The maximum Gasteiger partial charge on any atom is 0.248 e. The highest BCUT2D eigenvalue weighted by Crippen LogP contribution is 2.36. The molecular formula is C15H21ClF2IN3O. The van der Waals surface area contributed by atoms with Crippen LogP contribution in [0.15, 0.2) is 23.2 Å². The number of halogens is 4. The SMILES string of the molecule is COc1ccc(NC(N)=NCC2CCCC(F)(F)C2)cc1Cl.I. The van der Waals surface area contributed by atoms with Crippen LogP contribution in [0.4, 0.5) is 14.5 Å².